The molecule has 7 nitrogen and oxygen atoms in total. The van der Waals surface area contributed by atoms with Gasteiger partial charge < -0.3 is 9.64 Å². The highest BCUT2D eigenvalue weighted by molar-refractivity contribution is 7.89. The molecule has 0 N–H and O–H groups in total. The molecule has 2 aliphatic rings. The first-order chi connectivity index (χ1) is 12.5. The highest BCUT2D eigenvalue weighted by Crippen LogP contribution is 2.27. The standard InChI is InChI=1S/C18H27N3O4S/c1-2-18(22)21(16-7-12-25-13-8-16)15-5-10-20(11-6-15)26(23,24)17-4-3-9-19-14-17/h3-4,9,14-16H,2,5-8,10-13H2,1H3. The van der Waals surface area contributed by atoms with E-state index in [9.17, 15) is 13.2 Å². The Morgan fingerprint density at radius 2 is 1.88 bits per heavy atom. The number of hydrogen-bond donors (Lipinski definition) is 0. The van der Waals surface area contributed by atoms with Gasteiger partial charge in [-0.3, -0.25) is 9.78 Å². The van der Waals surface area contributed by atoms with Gasteiger partial charge in [-0.25, -0.2) is 8.42 Å². The Morgan fingerprint density at radius 1 is 1.23 bits per heavy atom. The van der Waals surface area contributed by atoms with E-state index >= 15 is 0 Å². The first kappa shape index (κ1) is 19.3. The maximum absolute atomic E-state index is 12.7. The molecule has 8 heteroatoms. The van der Waals surface area contributed by atoms with Crippen molar-refractivity contribution in [3.8, 4) is 0 Å². The molecule has 0 saturated carbocycles. The number of piperidine rings is 1. The molecule has 0 unspecified atom stereocenters. The van der Waals surface area contributed by atoms with E-state index in [1.807, 2.05) is 11.8 Å². The minimum Gasteiger partial charge on any atom is -0.381 e. The number of amides is 1. The van der Waals surface area contributed by atoms with Crippen LogP contribution in [0.25, 0.3) is 0 Å². The minimum atomic E-state index is -3.51. The second-order valence-corrected chi connectivity index (χ2v) is 8.76. The lowest BCUT2D eigenvalue weighted by Crippen LogP contribution is -2.53. The van der Waals surface area contributed by atoms with Gasteiger partial charge in [-0.1, -0.05) is 6.92 Å². The fourth-order valence-electron chi connectivity index (χ4n) is 3.86. The molecule has 1 aromatic heterocycles. The molecule has 0 bridgehead atoms. The van der Waals surface area contributed by atoms with Crippen molar-refractivity contribution in [3.63, 3.8) is 0 Å². The molecule has 1 amide bonds. The summed E-state index contributed by atoms with van der Waals surface area (Å²) in [4.78, 5) is 18.7. The average molecular weight is 381 g/mol. The van der Waals surface area contributed by atoms with Crippen molar-refractivity contribution in [1.82, 2.24) is 14.2 Å². The van der Waals surface area contributed by atoms with Gasteiger partial charge in [-0.15, -0.1) is 0 Å². The van der Waals surface area contributed by atoms with Crippen LogP contribution >= 0.6 is 0 Å². The SMILES string of the molecule is CCC(=O)N(C1CCOCC1)C1CCN(S(=O)(=O)c2cccnc2)CC1. The Hall–Kier alpha value is -1.51. The number of hydrogen-bond acceptors (Lipinski definition) is 5. The second kappa shape index (κ2) is 8.45. The van der Waals surface area contributed by atoms with Crippen molar-refractivity contribution >= 4 is 15.9 Å². The number of pyridine rings is 1. The van der Waals surface area contributed by atoms with Gasteiger partial charge in [0.2, 0.25) is 15.9 Å². The van der Waals surface area contributed by atoms with Crippen molar-refractivity contribution in [2.24, 2.45) is 0 Å². The number of carbonyl (C=O) groups excluding carboxylic acids is 1. The maximum atomic E-state index is 12.7. The van der Waals surface area contributed by atoms with Gasteiger partial charge in [0.05, 0.1) is 0 Å². The molecule has 2 fully saturated rings. The van der Waals surface area contributed by atoms with E-state index in [4.69, 9.17) is 4.74 Å². The number of nitrogens with zero attached hydrogens (tertiary/aromatic N) is 3. The van der Waals surface area contributed by atoms with Gasteiger partial charge >= 0.3 is 0 Å². The molecule has 26 heavy (non-hydrogen) atoms. The Balaban J connectivity index is 1.68. The van der Waals surface area contributed by atoms with Crippen LogP contribution in [0.4, 0.5) is 0 Å². The third-order valence-corrected chi connectivity index (χ3v) is 7.15. The molecule has 3 heterocycles. The monoisotopic (exact) mass is 381 g/mol. The number of sulfonamides is 1. The molecular formula is C18H27N3O4S. The van der Waals surface area contributed by atoms with Gasteiger partial charge in [-0.2, -0.15) is 4.31 Å². The summed E-state index contributed by atoms with van der Waals surface area (Å²) in [7, 11) is -3.51. The van der Waals surface area contributed by atoms with E-state index in [1.165, 1.54) is 10.5 Å². The number of carbonyl (C=O) groups is 1. The van der Waals surface area contributed by atoms with Gasteiger partial charge in [-0.05, 0) is 37.8 Å². The van der Waals surface area contributed by atoms with E-state index in [1.54, 1.807) is 18.3 Å². The van der Waals surface area contributed by atoms with E-state index < -0.39 is 10.0 Å². The molecule has 144 valence electrons. The van der Waals surface area contributed by atoms with Crippen LogP contribution in [0.5, 0.6) is 0 Å². The fourth-order valence-corrected chi connectivity index (χ4v) is 5.30. The van der Waals surface area contributed by atoms with Gasteiger partial charge in [0.1, 0.15) is 4.90 Å². The fraction of sp³-hybridized carbons (Fsp3) is 0.667. The van der Waals surface area contributed by atoms with Crippen LogP contribution in [0.15, 0.2) is 29.4 Å². The Bertz CT molecular complexity index is 696. The van der Waals surface area contributed by atoms with Crippen molar-refractivity contribution in [1.29, 1.82) is 0 Å². The van der Waals surface area contributed by atoms with Crippen LogP contribution in [0, 0.1) is 0 Å². The zero-order valence-electron chi connectivity index (χ0n) is 15.2. The zero-order chi connectivity index (χ0) is 18.6. The topological polar surface area (TPSA) is 79.8 Å². The molecule has 0 radical (unpaired) electrons. The normalized spacial score (nSPS) is 20.8. The highest BCUT2D eigenvalue weighted by atomic mass is 32.2. The number of aromatic nitrogens is 1. The quantitative estimate of drug-likeness (QED) is 0.775. The Kier molecular flexibility index (Phi) is 6.26. The molecule has 0 spiro atoms. The zero-order valence-corrected chi connectivity index (χ0v) is 16.0. The minimum absolute atomic E-state index is 0.103. The Morgan fingerprint density at radius 3 is 2.46 bits per heavy atom. The predicted molar refractivity (Wildman–Crippen MR) is 97.0 cm³/mol. The Labute approximate surface area is 155 Å². The summed E-state index contributed by atoms with van der Waals surface area (Å²) in [5.74, 6) is 0.158. The van der Waals surface area contributed by atoms with Crippen molar-refractivity contribution in [2.75, 3.05) is 26.3 Å². The smallest absolute Gasteiger partial charge is 0.244 e. The maximum Gasteiger partial charge on any atom is 0.244 e. The van der Waals surface area contributed by atoms with Gasteiger partial charge in [0.15, 0.2) is 0 Å². The van der Waals surface area contributed by atoms with Crippen molar-refractivity contribution in [3.05, 3.63) is 24.5 Å². The number of ether oxygens (including phenoxy) is 1. The lowest BCUT2D eigenvalue weighted by atomic mass is 9.98. The molecular weight excluding hydrogens is 354 g/mol. The van der Waals surface area contributed by atoms with E-state index in [0.717, 1.165) is 12.8 Å². The average Bonchev–Trinajstić information content (AvgIpc) is 2.70. The molecule has 2 aliphatic heterocycles. The van der Waals surface area contributed by atoms with E-state index in [-0.39, 0.29) is 22.9 Å². The lowest BCUT2D eigenvalue weighted by molar-refractivity contribution is -0.139. The van der Waals surface area contributed by atoms with Crippen LogP contribution in [0.1, 0.15) is 39.0 Å². The summed E-state index contributed by atoms with van der Waals surface area (Å²) in [5.41, 5.74) is 0. The summed E-state index contributed by atoms with van der Waals surface area (Å²) < 4.78 is 32.4. The molecule has 3 rings (SSSR count). The summed E-state index contributed by atoms with van der Waals surface area (Å²) in [6, 6.07) is 3.52. The molecule has 0 atom stereocenters. The second-order valence-electron chi connectivity index (χ2n) is 6.82. The molecule has 2 saturated heterocycles. The summed E-state index contributed by atoms with van der Waals surface area (Å²) in [6.45, 7) is 4.12. The number of rotatable bonds is 5. The largest absolute Gasteiger partial charge is 0.381 e. The summed E-state index contributed by atoms with van der Waals surface area (Å²) in [5, 5.41) is 0. The van der Waals surface area contributed by atoms with Crippen LogP contribution in [-0.2, 0) is 19.6 Å². The first-order valence-electron chi connectivity index (χ1n) is 9.33. The van der Waals surface area contributed by atoms with Gasteiger partial charge in [0, 0.05) is 57.2 Å². The van der Waals surface area contributed by atoms with E-state index in [0.29, 0.717) is 45.6 Å². The third kappa shape index (κ3) is 4.07. The van der Waals surface area contributed by atoms with Crippen molar-refractivity contribution in [2.45, 2.75) is 56.0 Å². The van der Waals surface area contributed by atoms with Crippen molar-refractivity contribution < 1.29 is 17.9 Å². The van der Waals surface area contributed by atoms with Crippen LogP contribution in [0.3, 0.4) is 0 Å². The predicted octanol–water partition coefficient (Wildman–Crippen LogP) is 1.65. The lowest BCUT2D eigenvalue weighted by Gasteiger charge is -2.43. The summed E-state index contributed by atoms with van der Waals surface area (Å²) >= 11 is 0. The third-order valence-electron chi connectivity index (χ3n) is 5.26. The van der Waals surface area contributed by atoms with Crippen LogP contribution in [0.2, 0.25) is 0 Å². The summed E-state index contributed by atoms with van der Waals surface area (Å²) in [6.07, 6.45) is 6.49. The molecule has 0 aromatic carbocycles. The molecule has 1 aromatic rings. The highest BCUT2D eigenvalue weighted by Gasteiger charge is 2.36. The molecule has 0 aliphatic carbocycles. The van der Waals surface area contributed by atoms with Crippen LogP contribution in [-0.4, -0.2) is 66.9 Å². The van der Waals surface area contributed by atoms with Gasteiger partial charge in [0.25, 0.3) is 0 Å². The van der Waals surface area contributed by atoms with Crippen LogP contribution < -0.4 is 0 Å². The van der Waals surface area contributed by atoms with E-state index in [2.05, 4.69) is 4.98 Å². The first-order valence-corrected chi connectivity index (χ1v) is 10.8.